The molecule has 0 bridgehead atoms. The number of nitrogens with one attached hydrogen (secondary N) is 1. The maximum Gasteiger partial charge on any atom is 0.273 e. The van der Waals surface area contributed by atoms with Crippen LogP contribution in [0.15, 0.2) is 36.4 Å². The Kier molecular flexibility index (Phi) is 5.17. The third-order valence-corrected chi connectivity index (χ3v) is 4.03. The molecular weight excluding hydrogens is 332 g/mol. The highest BCUT2D eigenvalue weighted by Gasteiger charge is 2.16. The van der Waals surface area contributed by atoms with Gasteiger partial charge in [0.05, 0.1) is 9.95 Å². The van der Waals surface area contributed by atoms with Crippen LogP contribution in [0, 0.1) is 10.1 Å². The van der Waals surface area contributed by atoms with Crippen molar-refractivity contribution in [2.24, 2.45) is 0 Å². The number of nitro benzene ring substituents is 1. The van der Waals surface area contributed by atoms with E-state index in [1.54, 1.807) is 18.2 Å². The molecule has 3 rings (SSSR count). The Hall–Kier alpha value is -2.31. The molecule has 1 heterocycles. The Balaban J connectivity index is 1.58. The summed E-state index contributed by atoms with van der Waals surface area (Å²) in [6.45, 7) is 2.13. The second-order valence-corrected chi connectivity index (χ2v) is 5.82. The molecule has 0 radical (unpaired) electrons. The van der Waals surface area contributed by atoms with Crippen LogP contribution in [0.5, 0.6) is 11.5 Å². The monoisotopic (exact) mass is 348 g/mol. The zero-order valence-corrected chi connectivity index (χ0v) is 13.7. The molecule has 0 aromatic heterocycles. The smallest absolute Gasteiger partial charge is 0.273 e. The summed E-state index contributed by atoms with van der Waals surface area (Å²) >= 11 is 6.21. The Morgan fingerprint density at radius 3 is 2.83 bits per heavy atom. The van der Waals surface area contributed by atoms with E-state index < -0.39 is 0 Å². The van der Waals surface area contributed by atoms with Gasteiger partial charge in [0, 0.05) is 18.2 Å². The minimum Gasteiger partial charge on any atom is -0.486 e. The molecule has 0 atom stereocenters. The molecule has 0 saturated carbocycles. The van der Waals surface area contributed by atoms with Crippen molar-refractivity contribution < 1.29 is 14.4 Å². The lowest BCUT2D eigenvalue weighted by molar-refractivity contribution is -0.385. The summed E-state index contributed by atoms with van der Waals surface area (Å²) in [6, 6.07) is 10.5. The van der Waals surface area contributed by atoms with Crippen LogP contribution in [0.25, 0.3) is 0 Å². The van der Waals surface area contributed by atoms with Gasteiger partial charge in [-0.1, -0.05) is 29.8 Å². The predicted molar refractivity (Wildman–Crippen MR) is 90.9 cm³/mol. The van der Waals surface area contributed by atoms with Crippen molar-refractivity contribution in [3.05, 3.63) is 62.7 Å². The minimum atomic E-state index is -0.363. The Bertz CT molecular complexity index is 751. The zero-order valence-electron chi connectivity index (χ0n) is 13.0. The Morgan fingerprint density at radius 2 is 2.00 bits per heavy atom. The standard InChI is InChI=1S/C17H17ClN2O4/c18-14-9-12(10-16-17(14)24-8-7-23-16)5-6-19-11-13-3-1-2-4-15(13)20(21)22/h1-4,9-10,19H,5-8,11H2. The van der Waals surface area contributed by atoms with Gasteiger partial charge in [-0.2, -0.15) is 0 Å². The van der Waals surface area contributed by atoms with Gasteiger partial charge in [-0.05, 0) is 30.7 Å². The van der Waals surface area contributed by atoms with Gasteiger partial charge < -0.3 is 14.8 Å². The average Bonchev–Trinajstić information content (AvgIpc) is 2.59. The van der Waals surface area contributed by atoms with Crippen LogP contribution in [0.2, 0.25) is 5.02 Å². The maximum absolute atomic E-state index is 11.0. The summed E-state index contributed by atoms with van der Waals surface area (Å²) in [4.78, 5) is 10.6. The number of nitrogens with zero attached hydrogens (tertiary/aromatic N) is 1. The fourth-order valence-electron chi connectivity index (χ4n) is 2.60. The largest absolute Gasteiger partial charge is 0.486 e. The van der Waals surface area contributed by atoms with Gasteiger partial charge in [-0.3, -0.25) is 10.1 Å². The molecule has 0 fully saturated rings. The molecule has 7 heteroatoms. The lowest BCUT2D eigenvalue weighted by Crippen LogP contribution is -2.18. The fraction of sp³-hybridized carbons (Fsp3) is 0.294. The number of rotatable bonds is 6. The number of fused-ring (bicyclic) bond motifs is 1. The molecule has 0 aliphatic carbocycles. The van der Waals surface area contributed by atoms with E-state index in [1.165, 1.54) is 6.07 Å². The molecular formula is C17H17ClN2O4. The third kappa shape index (κ3) is 3.77. The third-order valence-electron chi connectivity index (χ3n) is 3.75. The number of benzene rings is 2. The lowest BCUT2D eigenvalue weighted by Gasteiger charge is -2.20. The first-order chi connectivity index (χ1) is 11.6. The maximum atomic E-state index is 11.0. The molecule has 1 N–H and O–H groups in total. The highest BCUT2D eigenvalue weighted by molar-refractivity contribution is 6.32. The summed E-state index contributed by atoms with van der Waals surface area (Å²) in [7, 11) is 0. The van der Waals surface area contributed by atoms with Crippen LogP contribution in [0.3, 0.4) is 0 Å². The highest BCUT2D eigenvalue weighted by Crippen LogP contribution is 2.38. The SMILES string of the molecule is O=[N+]([O-])c1ccccc1CNCCc1cc(Cl)c2c(c1)OCCO2. The fourth-order valence-corrected chi connectivity index (χ4v) is 2.89. The zero-order chi connectivity index (χ0) is 16.9. The van der Waals surface area contributed by atoms with E-state index in [0.29, 0.717) is 48.4 Å². The first-order valence-electron chi connectivity index (χ1n) is 7.66. The number of hydrogen-bond donors (Lipinski definition) is 1. The number of nitro groups is 1. The molecule has 126 valence electrons. The van der Waals surface area contributed by atoms with Crippen molar-refractivity contribution >= 4 is 17.3 Å². The number of ether oxygens (including phenoxy) is 2. The summed E-state index contributed by atoms with van der Waals surface area (Å²) in [5.41, 5.74) is 1.83. The Morgan fingerprint density at radius 1 is 1.21 bits per heavy atom. The first-order valence-corrected chi connectivity index (χ1v) is 8.04. The molecule has 1 aliphatic rings. The van der Waals surface area contributed by atoms with Crippen LogP contribution in [-0.4, -0.2) is 24.7 Å². The molecule has 0 amide bonds. The van der Waals surface area contributed by atoms with E-state index >= 15 is 0 Å². The van der Waals surface area contributed by atoms with Crippen LogP contribution in [0.4, 0.5) is 5.69 Å². The van der Waals surface area contributed by atoms with Gasteiger partial charge in [0.15, 0.2) is 11.5 Å². The summed E-state index contributed by atoms with van der Waals surface area (Å²) in [5.74, 6) is 1.27. The van der Waals surface area contributed by atoms with E-state index in [1.807, 2.05) is 12.1 Å². The number of halogens is 1. The van der Waals surface area contributed by atoms with Crippen molar-refractivity contribution in [2.75, 3.05) is 19.8 Å². The summed E-state index contributed by atoms with van der Waals surface area (Å²) in [5, 5.41) is 14.8. The topological polar surface area (TPSA) is 73.6 Å². The van der Waals surface area contributed by atoms with Gasteiger partial charge in [0.2, 0.25) is 0 Å². The van der Waals surface area contributed by atoms with E-state index in [0.717, 1.165) is 12.0 Å². The van der Waals surface area contributed by atoms with Crippen LogP contribution >= 0.6 is 11.6 Å². The molecule has 1 aliphatic heterocycles. The average molecular weight is 349 g/mol. The quantitative estimate of drug-likeness (QED) is 0.492. The van der Waals surface area contributed by atoms with Crippen molar-refractivity contribution in [3.8, 4) is 11.5 Å². The van der Waals surface area contributed by atoms with Crippen molar-refractivity contribution in [1.29, 1.82) is 0 Å². The normalized spacial score (nSPS) is 12.9. The molecule has 2 aromatic rings. The number of para-hydroxylation sites is 1. The summed E-state index contributed by atoms with van der Waals surface area (Å²) in [6.07, 6.45) is 0.733. The number of hydrogen-bond acceptors (Lipinski definition) is 5. The van der Waals surface area contributed by atoms with Crippen LogP contribution in [0.1, 0.15) is 11.1 Å². The van der Waals surface area contributed by atoms with Gasteiger partial charge >= 0.3 is 0 Å². The molecule has 2 aromatic carbocycles. The van der Waals surface area contributed by atoms with E-state index in [4.69, 9.17) is 21.1 Å². The van der Waals surface area contributed by atoms with Crippen LogP contribution in [-0.2, 0) is 13.0 Å². The van der Waals surface area contributed by atoms with Crippen molar-refractivity contribution in [2.45, 2.75) is 13.0 Å². The molecule has 0 spiro atoms. The first kappa shape index (κ1) is 16.5. The van der Waals surface area contributed by atoms with Crippen LogP contribution < -0.4 is 14.8 Å². The van der Waals surface area contributed by atoms with E-state index in [-0.39, 0.29) is 10.6 Å². The van der Waals surface area contributed by atoms with Gasteiger partial charge in [-0.15, -0.1) is 0 Å². The van der Waals surface area contributed by atoms with Gasteiger partial charge in [-0.25, -0.2) is 0 Å². The molecule has 24 heavy (non-hydrogen) atoms. The minimum absolute atomic E-state index is 0.132. The lowest BCUT2D eigenvalue weighted by atomic mass is 10.1. The second kappa shape index (κ2) is 7.51. The van der Waals surface area contributed by atoms with Crippen molar-refractivity contribution in [1.82, 2.24) is 5.32 Å². The van der Waals surface area contributed by atoms with E-state index in [2.05, 4.69) is 5.32 Å². The predicted octanol–water partition coefficient (Wildman–Crippen LogP) is 3.35. The van der Waals surface area contributed by atoms with Gasteiger partial charge in [0.25, 0.3) is 5.69 Å². The van der Waals surface area contributed by atoms with Gasteiger partial charge in [0.1, 0.15) is 13.2 Å². The molecule has 0 unspecified atom stereocenters. The highest BCUT2D eigenvalue weighted by atomic mass is 35.5. The summed E-state index contributed by atoms with van der Waals surface area (Å²) < 4.78 is 11.0. The van der Waals surface area contributed by atoms with E-state index in [9.17, 15) is 10.1 Å². The molecule has 6 nitrogen and oxygen atoms in total. The molecule has 0 saturated heterocycles. The van der Waals surface area contributed by atoms with Crippen molar-refractivity contribution in [3.63, 3.8) is 0 Å². The second-order valence-electron chi connectivity index (χ2n) is 5.41. The Labute approximate surface area is 144 Å².